The number of aromatic nitrogens is 2. The number of aromatic amines is 1. The van der Waals surface area contributed by atoms with Gasteiger partial charge < -0.3 is 14.8 Å². The predicted octanol–water partition coefficient (Wildman–Crippen LogP) is 0.00890. The average molecular weight is 291 g/mol. The van der Waals surface area contributed by atoms with Crippen molar-refractivity contribution in [2.24, 2.45) is 0 Å². The number of ether oxygens (including phenoxy) is 2. The molecular weight excluding hydrogens is 278 g/mol. The zero-order valence-corrected chi connectivity index (χ0v) is 11.2. The van der Waals surface area contributed by atoms with E-state index in [4.69, 9.17) is 4.74 Å². The molecule has 0 unspecified atom stereocenters. The van der Waals surface area contributed by atoms with Crippen LogP contribution >= 0.6 is 0 Å². The lowest BCUT2D eigenvalue weighted by molar-refractivity contribution is -0.141. The van der Waals surface area contributed by atoms with Crippen LogP contribution in [0.15, 0.2) is 24.3 Å². The van der Waals surface area contributed by atoms with Crippen LogP contribution in [-0.2, 0) is 19.1 Å². The Labute approximate surface area is 119 Å². The van der Waals surface area contributed by atoms with Gasteiger partial charge in [-0.1, -0.05) is 18.2 Å². The Hall–Kier alpha value is -2.90. The van der Waals surface area contributed by atoms with E-state index >= 15 is 0 Å². The van der Waals surface area contributed by atoms with Crippen LogP contribution in [0.1, 0.15) is 10.5 Å². The van der Waals surface area contributed by atoms with Gasteiger partial charge in [-0.15, -0.1) is 0 Å². The van der Waals surface area contributed by atoms with E-state index in [1.807, 2.05) is 0 Å². The second-order valence-electron chi connectivity index (χ2n) is 4.05. The Balaban J connectivity index is 1.90. The molecule has 0 fully saturated rings. The van der Waals surface area contributed by atoms with E-state index in [1.165, 1.54) is 7.11 Å². The second kappa shape index (κ2) is 6.51. The summed E-state index contributed by atoms with van der Waals surface area (Å²) in [6.45, 7) is -0.783. The summed E-state index contributed by atoms with van der Waals surface area (Å²) in [5.41, 5.74) is 0.797. The van der Waals surface area contributed by atoms with E-state index in [1.54, 1.807) is 24.3 Å². The lowest BCUT2D eigenvalue weighted by Crippen LogP contribution is -2.33. The van der Waals surface area contributed by atoms with Crippen molar-refractivity contribution in [2.75, 3.05) is 20.3 Å². The smallest absolute Gasteiger partial charge is 0.359 e. The van der Waals surface area contributed by atoms with Crippen LogP contribution in [0.4, 0.5) is 0 Å². The fourth-order valence-corrected chi connectivity index (χ4v) is 1.61. The van der Waals surface area contributed by atoms with E-state index in [0.29, 0.717) is 10.9 Å². The van der Waals surface area contributed by atoms with Crippen LogP contribution in [0.3, 0.4) is 0 Å². The number of carbonyl (C=O) groups is 3. The molecule has 2 N–H and O–H groups in total. The first-order valence-electron chi connectivity index (χ1n) is 6.05. The maximum atomic E-state index is 11.8. The highest BCUT2D eigenvalue weighted by Gasteiger charge is 2.16. The number of rotatable bonds is 5. The molecular formula is C13H13N3O5. The third-order valence-corrected chi connectivity index (χ3v) is 2.66. The molecule has 0 aliphatic heterocycles. The minimum atomic E-state index is -0.722. The van der Waals surface area contributed by atoms with Crippen molar-refractivity contribution in [3.63, 3.8) is 0 Å². The van der Waals surface area contributed by atoms with Gasteiger partial charge in [-0.25, -0.2) is 4.79 Å². The van der Waals surface area contributed by atoms with Crippen molar-refractivity contribution < 1.29 is 23.9 Å². The summed E-state index contributed by atoms with van der Waals surface area (Å²) in [7, 11) is 1.21. The number of para-hydroxylation sites is 1. The highest BCUT2D eigenvalue weighted by Crippen LogP contribution is 2.15. The van der Waals surface area contributed by atoms with Crippen LogP contribution in [0, 0.1) is 0 Å². The molecule has 1 amide bonds. The van der Waals surface area contributed by atoms with E-state index in [-0.39, 0.29) is 12.2 Å². The fourth-order valence-electron chi connectivity index (χ4n) is 1.61. The topological polar surface area (TPSA) is 110 Å². The molecule has 110 valence electrons. The van der Waals surface area contributed by atoms with Gasteiger partial charge in [0.1, 0.15) is 6.54 Å². The number of amides is 1. The van der Waals surface area contributed by atoms with Gasteiger partial charge >= 0.3 is 11.9 Å². The molecule has 1 aromatic carbocycles. The summed E-state index contributed by atoms with van der Waals surface area (Å²) in [6, 6.07) is 7.04. The number of nitrogens with zero attached hydrogens (tertiary/aromatic N) is 1. The van der Waals surface area contributed by atoms with Crippen LogP contribution in [0.2, 0.25) is 0 Å². The SMILES string of the molecule is COC(=O)CNC(=O)COC(=O)c1n[nH]c2ccccc12. The Morgan fingerprint density at radius 2 is 2.05 bits per heavy atom. The summed E-state index contributed by atoms with van der Waals surface area (Å²) < 4.78 is 9.19. The normalized spacial score (nSPS) is 10.1. The molecule has 1 heterocycles. The fraction of sp³-hybridized carbons (Fsp3) is 0.231. The number of carbonyl (C=O) groups excluding carboxylic acids is 3. The molecule has 0 saturated carbocycles. The highest BCUT2D eigenvalue weighted by molar-refractivity contribution is 6.02. The molecule has 0 aliphatic rings. The average Bonchev–Trinajstić information content (AvgIpc) is 2.94. The summed E-state index contributed by atoms with van der Waals surface area (Å²) in [5, 5.41) is 9.41. The van der Waals surface area contributed by atoms with Crippen LogP contribution < -0.4 is 5.32 Å². The van der Waals surface area contributed by atoms with Gasteiger partial charge in [0.2, 0.25) is 0 Å². The van der Waals surface area contributed by atoms with Crippen molar-refractivity contribution in [1.82, 2.24) is 15.5 Å². The van der Waals surface area contributed by atoms with E-state index in [2.05, 4.69) is 20.3 Å². The molecule has 0 spiro atoms. The molecule has 8 heteroatoms. The van der Waals surface area contributed by atoms with E-state index in [0.717, 1.165) is 0 Å². The molecule has 0 saturated heterocycles. The first-order chi connectivity index (χ1) is 10.1. The second-order valence-corrected chi connectivity index (χ2v) is 4.05. The summed E-state index contributed by atoms with van der Waals surface area (Å²) in [6.07, 6.45) is 0. The molecule has 1 aromatic heterocycles. The number of benzene rings is 1. The number of nitrogens with one attached hydrogen (secondary N) is 2. The minimum absolute atomic E-state index is 0.103. The van der Waals surface area contributed by atoms with Crippen LogP contribution in [-0.4, -0.2) is 48.3 Å². The van der Waals surface area contributed by atoms with Gasteiger partial charge in [0.25, 0.3) is 5.91 Å². The number of hydrogen-bond donors (Lipinski definition) is 2. The van der Waals surface area contributed by atoms with Gasteiger partial charge in [-0.2, -0.15) is 5.10 Å². The molecule has 2 aromatic rings. The summed E-state index contributed by atoms with van der Waals surface area (Å²) >= 11 is 0. The molecule has 0 bridgehead atoms. The zero-order valence-electron chi connectivity index (χ0n) is 11.2. The lowest BCUT2D eigenvalue weighted by atomic mass is 10.2. The Morgan fingerprint density at radius 1 is 1.29 bits per heavy atom. The Bertz CT molecular complexity index is 679. The quantitative estimate of drug-likeness (QED) is 0.751. The zero-order chi connectivity index (χ0) is 15.2. The van der Waals surface area contributed by atoms with E-state index in [9.17, 15) is 14.4 Å². The molecule has 0 radical (unpaired) electrons. The van der Waals surface area contributed by atoms with Gasteiger partial charge in [-0.3, -0.25) is 14.7 Å². The molecule has 21 heavy (non-hydrogen) atoms. The first-order valence-corrected chi connectivity index (χ1v) is 6.05. The first kappa shape index (κ1) is 14.5. The van der Waals surface area contributed by atoms with Crippen molar-refractivity contribution in [3.05, 3.63) is 30.0 Å². The summed E-state index contributed by atoms with van der Waals surface area (Å²) in [5.74, 6) is -1.91. The maximum Gasteiger partial charge on any atom is 0.359 e. The van der Waals surface area contributed by atoms with Gasteiger partial charge in [0, 0.05) is 5.39 Å². The highest BCUT2D eigenvalue weighted by atomic mass is 16.5. The lowest BCUT2D eigenvalue weighted by Gasteiger charge is -2.04. The van der Waals surface area contributed by atoms with Crippen molar-refractivity contribution in [3.8, 4) is 0 Å². The van der Waals surface area contributed by atoms with Crippen molar-refractivity contribution in [1.29, 1.82) is 0 Å². The predicted molar refractivity (Wildman–Crippen MR) is 71.4 cm³/mol. The van der Waals surface area contributed by atoms with Crippen LogP contribution in [0.25, 0.3) is 10.9 Å². The van der Waals surface area contributed by atoms with Crippen LogP contribution in [0.5, 0.6) is 0 Å². The number of methoxy groups -OCH3 is 1. The largest absolute Gasteiger partial charge is 0.468 e. The maximum absolute atomic E-state index is 11.8. The number of fused-ring (bicyclic) bond motifs is 1. The molecule has 0 aliphatic carbocycles. The molecule has 0 atom stereocenters. The third kappa shape index (κ3) is 3.56. The number of H-pyrrole nitrogens is 1. The van der Waals surface area contributed by atoms with E-state index < -0.39 is 24.5 Å². The Kier molecular flexibility index (Phi) is 4.50. The van der Waals surface area contributed by atoms with Crippen molar-refractivity contribution in [2.45, 2.75) is 0 Å². The standard InChI is InChI=1S/C13H13N3O5/c1-20-11(18)6-14-10(17)7-21-13(19)12-8-4-2-3-5-9(8)15-16-12/h2-5H,6-7H2,1H3,(H,14,17)(H,15,16). The molecule has 8 nitrogen and oxygen atoms in total. The van der Waals surface area contributed by atoms with Crippen molar-refractivity contribution >= 4 is 28.7 Å². The molecule has 2 rings (SSSR count). The third-order valence-electron chi connectivity index (χ3n) is 2.66. The summed E-state index contributed by atoms with van der Waals surface area (Å²) in [4.78, 5) is 34.0. The van der Waals surface area contributed by atoms with Gasteiger partial charge in [0.15, 0.2) is 12.3 Å². The Morgan fingerprint density at radius 3 is 2.81 bits per heavy atom. The van der Waals surface area contributed by atoms with Gasteiger partial charge in [0.05, 0.1) is 12.6 Å². The number of esters is 2. The number of hydrogen-bond acceptors (Lipinski definition) is 6. The van der Waals surface area contributed by atoms with Gasteiger partial charge in [-0.05, 0) is 6.07 Å². The monoisotopic (exact) mass is 291 g/mol. The minimum Gasteiger partial charge on any atom is -0.468 e.